The Morgan fingerprint density at radius 3 is 2.85 bits per heavy atom. The van der Waals surface area contributed by atoms with Crippen LogP contribution in [0.15, 0.2) is 18.5 Å². The van der Waals surface area contributed by atoms with Crippen molar-refractivity contribution in [2.75, 3.05) is 24.5 Å². The number of carbonyl (C=O) groups excluding carboxylic acids is 1. The minimum Gasteiger partial charge on any atom is -0.353 e. The van der Waals surface area contributed by atoms with Gasteiger partial charge in [0.2, 0.25) is 5.91 Å². The Labute approximate surface area is 117 Å². The normalized spacial score (nSPS) is 16.6. The smallest absolute Gasteiger partial charge is 0.239 e. The minimum atomic E-state index is -0.0113. The molecule has 0 radical (unpaired) electrons. The molecule has 0 bridgehead atoms. The Hall–Kier alpha value is -2.11. The minimum absolute atomic E-state index is 0.0113. The lowest BCUT2D eigenvalue weighted by Crippen LogP contribution is -2.48. The fourth-order valence-electron chi connectivity index (χ4n) is 2.34. The number of aromatic nitrogens is 3. The predicted octanol–water partition coefficient (Wildman–Crippen LogP) is 0.963. The monoisotopic (exact) mass is 273 g/mol. The number of nitrogens with zero attached hydrogens (tertiary/aromatic N) is 4. The molecule has 0 saturated carbocycles. The molecule has 1 saturated heterocycles. The average molecular weight is 273 g/mol. The van der Waals surface area contributed by atoms with Crippen LogP contribution in [-0.2, 0) is 10.2 Å². The third kappa shape index (κ3) is 2.21. The number of hydrogen-bond donors (Lipinski definition) is 1. The molecule has 0 spiro atoms. The molecule has 1 amide bonds. The van der Waals surface area contributed by atoms with Crippen molar-refractivity contribution >= 4 is 17.2 Å². The van der Waals surface area contributed by atoms with Crippen LogP contribution in [0, 0.1) is 0 Å². The number of hydrogen-bond acceptors (Lipinski definition) is 4. The number of piperazine rings is 1. The molecular weight excluding hydrogens is 254 g/mol. The van der Waals surface area contributed by atoms with Gasteiger partial charge in [-0.25, -0.2) is 9.50 Å². The molecule has 0 aliphatic carbocycles. The van der Waals surface area contributed by atoms with Crippen molar-refractivity contribution in [1.82, 2.24) is 19.9 Å². The lowest BCUT2D eigenvalue weighted by molar-refractivity contribution is -0.120. The van der Waals surface area contributed by atoms with Crippen LogP contribution in [-0.4, -0.2) is 40.1 Å². The Balaban J connectivity index is 2.07. The quantitative estimate of drug-likeness (QED) is 0.840. The number of fused-ring (bicyclic) bond motifs is 1. The number of rotatable bonds is 1. The Morgan fingerprint density at radius 2 is 2.15 bits per heavy atom. The van der Waals surface area contributed by atoms with Crippen molar-refractivity contribution in [2.24, 2.45) is 0 Å². The van der Waals surface area contributed by atoms with E-state index in [1.54, 1.807) is 6.20 Å². The summed E-state index contributed by atoms with van der Waals surface area (Å²) in [5.74, 6) is 0.862. The summed E-state index contributed by atoms with van der Waals surface area (Å²) >= 11 is 0. The Morgan fingerprint density at radius 1 is 1.35 bits per heavy atom. The first-order valence-corrected chi connectivity index (χ1v) is 6.82. The SMILES string of the molecule is CC(C)(C)c1cc2c(N3CCNC(=O)C3)nccn2n1. The molecular formula is C14H19N5O. The zero-order chi connectivity index (χ0) is 14.3. The van der Waals surface area contributed by atoms with Gasteiger partial charge in [0.1, 0.15) is 5.52 Å². The first kappa shape index (κ1) is 12.9. The van der Waals surface area contributed by atoms with Crippen LogP contribution >= 0.6 is 0 Å². The van der Waals surface area contributed by atoms with E-state index in [2.05, 4.69) is 42.2 Å². The number of nitrogens with one attached hydrogen (secondary N) is 1. The van der Waals surface area contributed by atoms with E-state index in [-0.39, 0.29) is 11.3 Å². The van der Waals surface area contributed by atoms with Gasteiger partial charge in [0.05, 0.1) is 12.2 Å². The molecule has 1 fully saturated rings. The van der Waals surface area contributed by atoms with Gasteiger partial charge in [-0.3, -0.25) is 4.79 Å². The largest absolute Gasteiger partial charge is 0.353 e. The van der Waals surface area contributed by atoms with Crippen molar-refractivity contribution in [3.63, 3.8) is 0 Å². The van der Waals surface area contributed by atoms with E-state index in [4.69, 9.17) is 0 Å². The van der Waals surface area contributed by atoms with Gasteiger partial charge in [-0.1, -0.05) is 20.8 Å². The van der Waals surface area contributed by atoms with E-state index >= 15 is 0 Å². The molecule has 106 valence electrons. The van der Waals surface area contributed by atoms with E-state index in [0.717, 1.165) is 23.6 Å². The molecule has 3 rings (SSSR count). The van der Waals surface area contributed by atoms with E-state index in [1.807, 2.05) is 15.6 Å². The molecule has 2 aromatic rings. The molecule has 6 heteroatoms. The van der Waals surface area contributed by atoms with Crippen molar-refractivity contribution in [1.29, 1.82) is 0 Å². The number of carbonyl (C=O) groups is 1. The maximum Gasteiger partial charge on any atom is 0.239 e. The van der Waals surface area contributed by atoms with E-state index < -0.39 is 0 Å². The lowest BCUT2D eigenvalue weighted by atomic mass is 9.92. The van der Waals surface area contributed by atoms with Crippen LogP contribution in [0.5, 0.6) is 0 Å². The summed E-state index contributed by atoms with van der Waals surface area (Å²) in [7, 11) is 0. The fraction of sp³-hybridized carbons (Fsp3) is 0.500. The summed E-state index contributed by atoms with van der Waals surface area (Å²) < 4.78 is 1.84. The Bertz CT molecular complexity index is 655. The van der Waals surface area contributed by atoms with E-state index in [0.29, 0.717) is 13.1 Å². The van der Waals surface area contributed by atoms with Gasteiger partial charge in [-0.15, -0.1) is 0 Å². The van der Waals surface area contributed by atoms with E-state index in [1.165, 1.54) is 0 Å². The van der Waals surface area contributed by atoms with Gasteiger partial charge >= 0.3 is 0 Å². The van der Waals surface area contributed by atoms with Gasteiger partial charge in [-0.2, -0.15) is 5.10 Å². The van der Waals surface area contributed by atoms with E-state index in [9.17, 15) is 4.79 Å². The molecule has 1 aliphatic rings. The average Bonchev–Trinajstić information content (AvgIpc) is 2.82. The highest BCUT2D eigenvalue weighted by molar-refractivity contribution is 5.84. The first-order chi connectivity index (χ1) is 9.45. The summed E-state index contributed by atoms with van der Waals surface area (Å²) in [5.41, 5.74) is 1.96. The molecule has 20 heavy (non-hydrogen) atoms. The fourth-order valence-corrected chi connectivity index (χ4v) is 2.34. The van der Waals surface area contributed by atoms with Crippen LogP contribution in [0.3, 0.4) is 0 Å². The summed E-state index contributed by atoms with van der Waals surface area (Å²) in [5, 5.41) is 7.44. The highest BCUT2D eigenvalue weighted by Crippen LogP contribution is 2.26. The van der Waals surface area contributed by atoms with Gasteiger partial charge in [-0.05, 0) is 6.07 Å². The summed E-state index contributed by atoms with van der Waals surface area (Å²) in [6.45, 7) is 8.18. The molecule has 1 N–H and O–H groups in total. The second-order valence-corrected chi connectivity index (χ2v) is 6.13. The third-order valence-electron chi connectivity index (χ3n) is 3.48. The van der Waals surface area contributed by atoms with Crippen LogP contribution in [0.25, 0.3) is 5.52 Å². The molecule has 2 aromatic heterocycles. The van der Waals surface area contributed by atoms with Crippen LogP contribution in [0.2, 0.25) is 0 Å². The molecule has 3 heterocycles. The second-order valence-electron chi connectivity index (χ2n) is 6.13. The highest BCUT2D eigenvalue weighted by Gasteiger charge is 2.23. The van der Waals surface area contributed by atoms with Crippen molar-refractivity contribution in [3.8, 4) is 0 Å². The Kier molecular flexibility index (Phi) is 2.88. The maximum atomic E-state index is 11.5. The van der Waals surface area contributed by atoms with Gasteiger partial charge in [0.25, 0.3) is 0 Å². The van der Waals surface area contributed by atoms with Gasteiger partial charge < -0.3 is 10.2 Å². The summed E-state index contributed by atoms with van der Waals surface area (Å²) in [6, 6.07) is 2.06. The maximum absolute atomic E-state index is 11.5. The number of anilines is 1. The molecule has 0 aromatic carbocycles. The van der Waals surface area contributed by atoms with Crippen LogP contribution in [0.4, 0.5) is 5.82 Å². The zero-order valence-electron chi connectivity index (χ0n) is 12.1. The molecule has 0 atom stereocenters. The first-order valence-electron chi connectivity index (χ1n) is 6.82. The second kappa shape index (κ2) is 4.47. The number of amides is 1. The third-order valence-corrected chi connectivity index (χ3v) is 3.48. The predicted molar refractivity (Wildman–Crippen MR) is 76.9 cm³/mol. The summed E-state index contributed by atoms with van der Waals surface area (Å²) in [6.07, 6.45) is 3.58. The van der Waals surface area contributed by atoms with Crippen molar-refractivity contribution < 1.29 is 4.79 Å². The lowest BCUT2D eigenvalue weighted by Gasteiger charge is -2.27. The standard InChI is InChI=1S/C14H19N5O/c1-14(2,3)11-8-10-13(16-5-7-19(10)17-11)18-6-4-15-12(20)9-18/h5,7-8H,4,6,9H2,1-3H3,(H,15,20). The van der Waals surface area contributed by atoms with Crippen LogP contribution < -0.4 is 10.2 Å². The van der Waals surface area contributed by atoms with Gasteiger partial charge in [0, 0.05) is 30.9 Å². The van der Waals surface area contributed by atoms with Gasteiger partial charge in [0.15, 0.2) is 5.82 Å². The van der Waals surface area contributed by atoms with Crippen LogP contribution in [0.1, 0.15) is 26.5 Å². The highest BCUT2D eigenvalue weighted by atomic mass is 16.2. The summed E-state index contributed by atoms with van der Waals surface area (Å²) in [4.78, 5) is 18.0. The van der Waals surface area contributed by atoms with Crippen molar-refractivity contribution in [2.45, 2.75) is 26.2 Å². The van der Waals surface area contributed by atoms with Crippen molar-refractivity contribution in [3.05, 3.63) is 24.2 Å². The zero-order valence-corrected chi connectivity index (χ0v) is 12.1. The molecule has 1 aliphatic heterocycles. The molecule has 0 unspecified atom stereocenters. The topological polar surface area (TPSA) is 62.5 Å². The molecule has 6 nitrogen and oxygen atoms in total.